The number of anilines is 1. The fourth-order valence-electron chi connectivity index (χ4n) is 2.74. The molecule has 1 unspecified atom stereocenters. The van der Waals surface area contributed by atoms with Gasteiger partial charge in [0.1, 0.15) is 5.82 Å². The summed E-state index contributed by atoms with van der Waals surface area (Å²) in [5, 5.41) is 11.1. The van der Waals surface area contributed by atoms with Gasteiger partial charge in [0, 0.05) is 30.2 Å². The van der Waals surface area contributed by atoms with Crippen LogP contribution in [0.25, 0.3) is 11.4 Å². The Morgan fingerprint density at radius 2 is 1.76 bits per heavy atom. The molecule has 6 heteroatoms. The van der Waals surface area contributed by atoms with Gasteiger partial charge in [0.25, 0.3) is 0 Å². The van der Waals surface area contributed by atoms with Crippen molar-refractivity contribution in [3.63, 3.8) is 0 Å². The summed E-state index contributed by atoms with van der Waals surface area (Å²) >= 11 is 0. The molecule has 3 aromatic rings. The third kappa shape index (κ3) is 4.42. The molecule has 2 aromatic heterocycles. The van der Waals surface area contributed by atoms with Crippen molar-refractivity contribution in [2.45, 2.75) is 19.9 Å². The van der Waals surface area contributed by atoms with Gasteiger partial charge in [0.15, 0.2) is 5.82 Å². The largest absolute Gasteiger partial charge is 0.374 e. The van der Waals surface area contributed by atoms with Gasteiger partial charge in [-0.05, 0) is 37.4 Å². The van der Waals surface area contributed by atoms with Crippen LogP contribution >= 0.6 is 0 Å². The summed E-state index contributed by atoms with van der Waals surface area (Å²) in [7, 11) is 0. The maximum Gasteiger partial charge on any atom is 0.181 e. The minimum atomic E-state index is 0.0328. The predicted molar refractivity (Wildman–Crippen MR) is 100 cm³/mol. The first kappa shape index (κ1) is 17.1. The van der Waals surface area contributed by atoms with E-state index in [1.165, 1.54) is 0 Å². The molecule has 0 aliphatic heterocycles. The first-order valence-corrected chi connectivity index (χ1v) is 8.66. The Bertz CT molecular complexity index is 752. The highest BCUT2D eigenvalue weighted by Gasteiger charge is 2.19. The third-order valence-electron chi connectivity index (χ3n) is 4.22. The highest BCUT2D eigenvalue weighted by atomic mass is 15.2. The van der Waals surface area contributed by atoms with E-state index in [9.17, 15) is 0 Å². The van der Waals surface area contributed by atoms with E-state index in [1.807, 2.05) is 30.3 Å². The van der Waals surface area contributed by atoms with Gasteiger partial charge in [-0.2, -0.15) is 5.10 Å². The van der Waals surface area contributed by atoms with Crippen molar-refractivity contribution in [1.29, 1.82) is 0 Å². The second-order valence-corrected chi connectivity index (χ2v) is 5.83. The zero-order valence-corrected chi connectivity index (χ0v) is 14.7. The number of pyridine rings is 1. The maximum atomic E-state index is 4.72. The summed E-state index contributed by atoms with van der Waals surface area (Å²) in [6.07, 6.45) is 3.50. The van der Waals surface area contributed by atoms with Crippen LogP contribution in [0, 0.1) is 0 Å². The zero-order chi connectivity index (χ0) is 17.5. The molecule has 2 N–H and O–H groups in total. The Labute approximate surface area is 148 Å². The lowest BCUT2D eigenvalue weighted by Crippen LogP contribution is -2.32. The number of nitrogens with one attached hydrogen (secondary N) is 2. The average molecular weight is 336 g/mol. The van der Waals surface area contributed by atoms with Crippen molar-refractivity contribution in [3.8, 4) is 11.4 Å². The van der Waals surface area contributed by atoms with Crippen LogP contribution in [-0.4, -0.2) is 44.7 Å². The van der Waals surface area contributed by atoms with Crippen molar-refractivity contribution in [2.75, 3.05) is 25.0 Å². The Balaban J connectivity index is 1.84. The summed E-state index contributed by atoms with van der Waals surface area (Å²) in [4.78, 5) is 11.1. The third-order valence-corrected chi connectivity index (χ3v) is 4.22. The predicted octanol–water partition coefficient (Wildman–Crippen LogP) is 3.36. The molecule has 1 atom stereocenters. The molecule has 0 bridgehead atoms. The molecule has 0 radical (unpaired) electrons. The first-order chi connectivity index (χ1) is 12.3. The van der Waals surface area contributed by atoms with Gasteiger partial charge in [-0.3, -0.25) is 10.1 Å². The van der Waals surface area contributed by atoms with Crippen molar-refractivity contribution >= 4 is 5.69 Å². The lowest BCUT2D eigenvalue weighted by Gasteiger charge is -2.25. The Morgan fingerprint density at radius 1 is 1.04 bits per heavy atom. The molecule has 0 aliphatic carbocycles. The van der Waals surface area contributed by atoms with Crippen LogP contribution in [0.15, 0.2) is 54.9 Å². The van der Waals surface area contributed by atoms with Crippen LogP contribution in [-0.2, 0) is 0 Å². The lowest BCUT2D eigenvalue weighted by atomic mass is 10.2. The van der Waals surface area contributed by atoms with Crippen LogP contribution in [0.1, 0.15) is 25.7 Å². The SMILES string of the molecule is CCN(CC)CC(Nc1ccccc1)c1nc(-c2ccncc2)n[nH]1. The standard InChI is InChI=1S/C19H24N6/c1-3-25(4-2)14-17(21-16-8-6-5-7-9-16)19-22-18(23-24-19)15-10-12-20-13-11-15/h5-13,17,21H,3-4,14H2,1-2H3,(H,22,23,24). The lowest BCUT2D eigenvalue weighted by molar-refractivity contribution is 0.288. The number of likely N-dealkylation sites (N-methyl/N-ethyl adjacent to an activating group) is 1. The van der Waals surface area contributed by atoms with Gasteiger partial charge in [0.05, 0.1) is 6.04 Å². The number of nitrogens with zero attached hydrogens (tertiary/aromatic N) is 4. The van der Waals surface area contributed by atoms with E-state index in [4.69, 9.17) is 4.98 Å². The molecule has 0 spiro atoms. The highest BCUT2D eigenvalue weighted by Crippen LogP contribution is 2.21. The van der Waals surface area contributed by atoms with Gasteiger partial charge >= 0.3 is 0 Å². The molecule has 0 saturated carbocycles. The number of hydrogen-bond donors (Lipinski definition) is 2. The summed E-state index contributed by atoms with van der Waals surface area (Å²) < 4.78 is 0. The second kappa shape index (κ2) is 8.39. The number of rotatable bonds is 8. The van der Waals surface area contributed by atoms with Gasteiger partial charge in [-0.25, -0.2) is 4.98 Å². The van der Waals surface area contributed by atoms with E-state index >= 15 is 0 Å². The summed E-state index contributed by atoms with van der Waals surface area (Å²) in [6, 6.07) is 14.1. The molecule has 6 nitrogen and oxygen atoms in total. The number of aromatic amines is 1. The van der Waals surface area contributed by atoms with Gasteiger partial charge < -0.3 is 10.2 Å². The van der Waals surface area contributed by atoms with Crippen LogP contribution in [0.4, 0.5) is 5.69 Å². The normalized spacial score (nSPS) is 12.3. The van der Waals surface area contributed by atoms with E-state index in [2.05, 4.69) is 51.4 Å². The molecular formula is C19H24N6. The highest BCUT2D eigenvalue weighted by molar-refractivity contribution is 5.53. The van der Waals surface area contributed by atoms with Crippen LogP contribution in [0.2, 0.25) is 0 Å². The van der Waals surface area contributed by atoms with E-state index in [1.54, 1.807) is 12.4 Å². The molecular weight excluding hydrogens is 312 g/mol. The Morgan fingerprint density at radius 3 is 2.44 bits per heavy atom. The summed E-state index contributed by atoms with van der Waals surface area (Å²) in [5.74, 6) is 1.53. The van der Waals surface area contributed by atoms with Crippen LogP contribution < -0.4 is 5.32 Å². The van der Waals surface area contributed by atoms with Crippen molar-refractivity contribution in [2.24, 2.45) is 0 Å². The maximum absolute atomic E-state index is 4.72. The minimum absolute atomic E-state index is 0.0328. The molecule has 2 heterocycles. The molecule has 25 heavy (non-hydrogen) atoms. The van der Waals surface area contributed by atoms with E-state index in [0.29, 0.717) is 5.82 Å². The summed E-state index contributed by atoms with van der Waals surface area (Å²) in [6.45, 7) is 7.19. The molecule has 0 fully saturated rings. The fourth-order valence-corrected chi connectivity index (χ4v) is 2.74. The van der Waals surface area contributed by atoms with E-state index < -0.39 is 0 Å². The summed E-state index contributed by atoms with van der Waals surface area (Å²) in [5.41, 5.74) is 2.03. The fraction of sp³-hybridized carbons (Fsp3) is 0.316. The number of benzene rings is 1. The molecule has 0 saturated heterocycles. The van der Waals surface area contributed by atoms with Gasteiger partial charge in [-0.1, -0.05) is 32.0 Å². The molecule has 3 rings (SSSR count). The Hall–Kier alpha value is -2.73. The number of para-hydroxylation sites is 1. The molecule has 130 valence electrons. The molecule has 0 aliphatic rings. The van der Waals surface area contributed by atoms with Crippen molar-refractivity contribution < 1.29 is 0 Å². The smallest absolute Gasteiger partial charge is 0.181 e. The van der Waals surface area contributed by atoms with Gasteiger partial charge in [0.2, 0.25) is 0 Å². The number of hydrogen-bond acceptors (Lipinski definition) is 5. The zero-order valence-electron chi connectivity index (χ0n) is 14.7. The number of aromatic nitrogens is 4. The monoisotopic (exact) mass is 336 g/mol. The van der Waals surface area contributed by atoms with Crippen molar-refractivity contribution in [1.82, 2.24) is 25.1 Å². The number of H-pyrrole nitrogens is 1. The van der Waals surface area contributed by atoms with E-state index in [0.717, 1.165) is 36.7 Å². The molecule has 1 aromatic carbocycles. The molecule has 0 amide bonds. The van der Waals surface area contributed by atoms with Crippen LogP contribution in [0.3, 0.4) is 0 Å². The van der Waals surface area contributed by atoms with Crippen LogP contribution in [0.5, 0.6) is 0 Å². The first-order valence-electron chi connectivity index (χ1n) is 8.66. The topological polar surface area (TPSA) is 69.7 Å². The average Bonchev–Trinajstić information content (AvgIpc) is 3.17. The second-order valence-electron chi connectivity index (χ2n) is 5.83. The van der Waals surface area contributed by atoms with Gasteiger partial charge in [-0.15, -0.1) is 0 Å². The quantitative estimate of drug-likeness (QED) is 0.660. The Kier molecular flexibility index (Phi) is 5.74. The van der Waals surface area contributed by atoms with E-state index in [-0.39, 0.29) is 6.04 Å². The van der Waals surface area contributed by atoms with Crippen molar-refractivity contribution in [3.05, 3.63) is 60.7 Å². The minimum Gasteiger partial charge on any atom is -0.374 e.